The number of rotatable bonds is 5. The first kappa shape index (κ1) is 15.0. The highest BCUT2D eigenvalue weighted by atomic mass is 79.9. The minimum Gasteiger partial charge on any atom is -0.314 e. The first-order valence-electron chi connectivity index (χ1n) is 7.51. The second-order valence-electron chi connectivity index (χ2n) is 5.90. The van der Waals surface area contributed by atoms with Gasteiger partial charge in [-0.2, -0.15) is 0 Å². The highest BCUT2D eigenvalue weighted by molar-refractivity contribution is 9.10. The van der Waals surface area contributed by atoms with Gasteiger partial charge in [0.15, 0.2) is 0 Å². The number of pyridine rings is 1. The summed E-state index contributed by atoms with van der Waals surface area (Å²) in [7, 11) is 0. The van der Waals surface area contributed by atoms with E-state index >= 15 is 0 Å². The molecule has 1 saturated carbocycles. The lowest BCUT2D eigenvalue weighted by Crippen LogP contribution is -2.39. The summed E-state index contributed by atoms with van der Waals surface area (Å²) in [5, 5.41) is 3.69. The van der Waals surface area contributed by atoms with Crippen LogP contribution >= 0.6 is 15.9 Å². The van der Waals surface area contributed by atoms with E-state index in [0.717, 1.165) is 29.3 Å². The van der Waals surface area contributed by atoms with Crippen molar-refractivity contribution >= 4 is 15.9 Å². The third kappa shape index (κ3) is 4.57. The van der Waals surface area contributed by atoms with Gasteiger partial charge < -0.3 is 5.32 Å². The minimum atomic E-state index is 0.605. The molecule has 0 aromatic carbocycles. The SMILES string of the molecule is CCNC(Cc1cncc(Br)c1)C1CCC(C)CC1. The maximum Gasteiger partial charge on any atom is 0.0410 e. The Morgan fingerprint density at radius 1 is 1.32 bits per heavy atom. The predicted molar refractivity (Wildman–Crippen MR) is 84.2 cm³/mol. The van der Waals surface area contributed by atoms with Crippen molar-refractivity contribution in [2.45, 2.75) is 52.0 Å². The first-order chi connectivity index (χ1) is 9.19. The summed E-state index contributed by atoms with van der Waals surface area (Å²) in [6.07, 6.45) is 10.5. The largest absolute Gasteiger partial charge is 0.314 e. The Labute approximate surface area is 125 Å². The van der Waals surface area contributed by atoms with E-state index in [1.165, 1.54) is 31.2 Å². The zero-order valence-corrected chi connectivity index (χ0v) is 13.6. The Hall–Kier alpha value is -0.410. The van der Waals surface area contributed by atoms with E-state index in [1.54, 1.807) is 0 Å². The van der Waals surface area contributed by atoms with Crippen LogP contribution in [0.3, 0.4) is 0 Å². The Bertz CT molecular complexity index is 386. The van der Waals surface area contributed by atoms with Crippen molar-refractivity contribution in [2.75, 3.05) is 6.54 Å². The van der Waals surface area contributed by atoms with Gasteiger partial charge in [0.1, 0.15) is 0 Å². The van der Waals surface area contributed by atoms with Crippen LogP contribution in [0.15, 0.2) is 22.9 Å². The van der Waals surface area contributed by atoms with Crippen molar-refractivity contribution < 1.29 is 0 Å². The topological polar surface area (TPSA) is 24.9 Å². The summed E-state index contributed by atoms with van der Waals surface area (Å²) >= 11 is 3.51. The molecule has 1 aliphatic carbocycles. The average molecular weight is 325 g/mol. The van der Waals surface area contributed by atoms with Gasteiger partial charge in [0.25, 0.3) is 0 Å². The fourth-order valence-electron chi connectivity index (χ4n) is 3.18. The summed E-state index contributed by atoms with van der Waals surface area (Å²) in [6.45, 7) is 5.65. The van der Waals surface area contributed by atoms with Crippen LogP contribution in [0.2, 0.25) is 0 Å². The molecule has 106 valence electrons. The molecular weight excluding hydrogens is 300 g/mol. The molecule has 0 radical (unpaired) electrons. The van der Waals surface area contributed by atoms with Gasteiger partial charge in [0.2, 0.25) is 0 Å². The van der Waals surface area contributed by atoms with Gasteiger partial charge in [-0.25, -0.2) is 0 Å². The predicted octanol–water partition coefficient (Wildman–Crippen LogP) is 4.19. The molecule has 1 unspecified atom stereocenters. The summed E-state index contributed by atoms with van der Waals surface area (Å²) < 4.78 is 1.08. The van der Waals surface area contributed by atoms with Crippen molar-refractivity contribution in [3.05, 3.63) is 28.5 Å². The number of nitrogens with one attached hydrogen (secondary N) is 1. The molecule has 0 amide bonds. The molecule has 3 heteroatoms. The monoisotopic (exact) mass is 324 g/mol. The third-order valence-corrected chi connectivity index (χ3v) is 4.75. The van der Waals surface area contributed by atoms with Crippen LogP contribution in [0.1, 0.15) is 45.1 Å². The van der Waals surface area contributed by atoms with E-state index < -0.39 is 0 Å². The lowest BCUT2D eigenvalue weighted by molar-refractivity contribution is 0.230. The third-order valence-electron chi connectivity index (χ3n) is 4.31. The lowest BCUT2D eigenvalue weighted by atomic mass is 9.78. The lowest BCUT2D eigenvalue weighted by Gasteiger charge is -2.33. The van der Waals surface area contributed by atoms with Crippen molar-refractivity contribution in [3.63, 3.8) is 0 Å². The van der Waals surface area contributed by atoms with E-state index in [-0.39, 0.29) is 0 Å². The molecule has 0 spiro atoms. The molecule has 0 saturated heterocycles. The van der Waals surface area contributed by atoms with Gasteiger partial charge in [0.05, 0.1) is 0 Å². The molecule has 19 heavy (non-hydrogen) atoms. The molecule has 1 aromatic heterocycles. The van der Waals surface area contributed by atoms with Crippen molar-refractivity contribution in [1.29, 1.82) is 0 Å². The van der Waals surface area contributed by atoms with Crippen molar-refractivity contribution in [2.24, 2.45) is 11.8 Å². The molecule has 1 N–H and O–H groups in total. The van der Waals surface area contributed by atoms with E-state index in [9.17, 15) is 0 Å². The van der Waals surface area contributed by atoms with Gasteiger partial charge in [-0.15, -0.1) is 0 Å². The summed E-state index contributed by atoms with van der Waals surface area (Å²) in [5.41, 5.74) is 1.33. The Morgan fingerprint density at radius 3 is 2.68 bits per heavy atom. The van der Waals surface area contributed by atoms with E-state index in [1.807, 2.05) is 12.4 Å². The molecule has 2 nitrogen and oxygen atoms in total. The van der Waals surface area contributed by atoms with Crippen LogP contribution in [-0.4, -0.2) is 17.6 Å². The molecule has 1 atom stereocenters. The number of aromatic nitrogens is 1. The molecule has 1 aromatic rings. The quantitative estimate of drug-likeness (QED) is 0.878. The Balaban J connectivity index is 1.99. The molecule has 2 rings (SSSR count). The van der Waals surface area contributed by atoms with Gasteiger partial charge in [-0.05, 0) is 65.2 Å². The summed E-state index contributed by atoms with van der Waals surface area (Å²) in [4.78, 5) is 4.28. The zero-order chi connectivity index (χ0) is 13.7. The number of hydrogen-bond acceptors (Lipinski definition) is 2. The van der Waals surface area contributed by atoms with E-state index in [2.05, 4.69) is 46.1 Å². The fourth-order valence-corrected chi connectivity index (χ4v) is 3.59. The molecular formula is C16H25BrN2. The highest BCUT2D eigenvalue weighted by Crippen LogP contribution is 2.31. The fraction of sp³-hybridized carbons (Fsp3) is 0.688. The molecule has 0 bridgehead atoms. The van der Waals surface area contributed by atoms with Crippen LogP contribution in [-0.2, 0) is 6.42 Å². The average Bonchev–Trinajstić information content (AvgIpc) is 2.39. The van der Waals surface area contributed by atoms with Crippen LogP contribution in [0.25, 0.3) is 0 Å². The Morgan fingerprint density at radius 2 is 2.05 bits per heavy atom. The second kappa shape index (κ2) is 7.39. The highest BCUT2D eigenvalue weighted by Gasteiger charge is 2.25. The molecule has 1 heterocycles. The number of nitrogens with zero attached hydrogens (tertiary/aromatic N) is 1. The van der Waals surface area contributed by atoms with Gasteiger partial charge >= 0.3 is 0 Å². The number of halogens is 1. The van der Waals surface area contributed by atoms with Crippen LogP contribution in [0.5, 0.6) is 0 Å². The second-order valence-corrected chi connectivity index (χ2v) is 6.82. The van der Waals surface area contributed by atoms with Crippen molar-refractivity contribution in [1.82, 2.24) is 10.3 Å². The minimum absolute atomic E-state index is 0.605. The van der Waals surface area contributed by atoms with Crippen molar-refractivity contribution in [3.8, 4) is 0 Å². The zero-order valence-electron chi connectivity index (χ0n) is 12.0. The number of likely N-dealkylation sites (N-methyl/N-ethyl adjacent to an activating group) is 1. The number of hydrogen-bond donors (Lipinski definition) is 1. The molecule has 1 aliphatic rings. The standard InChI is InChI=1S/C16H25BrN2/c1-3-19-16(14-6-4-12(2)5-7-14)9-13-8-15(17)11-18-10-13/h8,10-12,14,16,19H,3-7,9H2,1-2H3. The maximum atomic E-state index is 4.28. The first-order valence-corrected chi connectivity index (χ1v) is 8.31. The summed E-state index contributed by atoms with van der Waals surface area (Å²) in [6, 6.07) is 2.80. The molecule has 0 aliphatic heterocycles. The Kier molecular flexibility index (Phi) is 5.83. The van der Waals surface area contributed by atoms with Crippen LogP contribution in [0, 0.1) is 11.8 Å². The smallest absolute Gasteiger partial charge is 0.0410 e. The summed E-state index contributed by atoms with van der Waals surface area (Å²) in [5.74, 6) is 1.75. The van der Waals surface area contributed by atoms with Crippen LogP contribution in [0.4, 0.5) is 0 Å². The van der Waals surface area contributed by atoms with Gasteiger partial charge in [0, 0.05) is 22.9 Å². The van der Waals surface area contributed by atoms with Gasteiger partial charge in [-0.1, -0.05) is 26.7 Å². The van der Waals surface area contributed by atoms with Gasteiger partial charge in [-0.3, -0.25) is 4.98 Å². The van der Waals surface area contributed by atoms with E-state index in [0.29, 0.717) is 6.04 Å². The molecule has 1 fully saturated rings. The van der Waals surface area contributed by atoms with E-state index in [4.69, 9.17) is 0 Å². The maximum absolute atomic E-state index is 4.28. The van der Waals surface area contributed by atoms with Crippen LogP contribution < -0.4 is 5.32 Å². The normalized spacial score (nSPS) is 25.2.